The van der Waals surface area contributed by atoms with Crippen molar-refractivity contribution in [1.82, 2.24) is 14.5 Å². The van der Waals surface area contributed by atoms with Crippen LogP contribution in [-0.2, 0) is 24.3 Å². The van der Waals surface area contributed by atoms with Crippen LogP contribution < -0.4 is 10.5 Å². The van der Waals surface area contributed by atoms with Crippen molar-refractivity contribution in [2.75, 3.05) is 17.2 Å². The first-order valence-corrected chi connectivity index (χ1v) is 16.8. The zero-order chi connectivity index (χ0) is 30.8. The molecule has 1 amide bonds. The number of benzene rings is 4. The van der Waals surface area contributed by atoms with Gasteiger partial charge in [-0.05, 0) is 66.4 Å². The Morgan fingerprint density at radius 3 is 2.22 bits per heavy atom. The first kappa shape index (κ1) is 29.2. The summed E-state index contributed by atoms with van der Waals surface area (Å²) in [6.07, 6.45) is 0.807. The van der Waals surface area contributed by atoms with Gasteiger partial charge in [-0.3, -0.25) is 24.0 Å². The Morgan fingerprint density at radius 1 is 0.889 bits per heavy atom. The lowest BCUT2D eigenvalue weighted by Crippen LogP contribution is -2.30. The molecule has 0 atom stereocenters. The van der Waals surface area contributed by atoms with Gasteiger partial charge in [-0.25, -0.2) is 4.98 Å². The molecule has 0 N–H and O–H groups in total. The van der Waals surface area contributed by atoms with E-state index in [4.69, 9.17) is 4.98 Å². The Morgan fingerprint density at radius 2 is 1.56 bits per heavy atom. The molecular weight excluding hydrogens is 597 g/mol. The fourth-order valence-corrected chi connectivity index (χ4v) is 8.09. The summed E-state index contributed by atoms with van der Waals surface area (Å²) in [5, 5.41) is 1.23. The monoisotopic (exact) mass is 628 g/mol. The topological polar surface area (TPSA) is 58.4 Å². The molecule has 224 valence electrons. The van der Waals surface area contributed by atoms with Gasteiger partial charge in [0, 0.05) is 35.9 Å². The lowest BCUT2D eigenvalue weighted by Gasteiger charge is -2.26. The summed E-state index contributed by atoms with van der Waals surface area (Å²) in [5.41, 5.74) is 5.72. The molecule has 6 nitrogen and oxygen atoms in total. The molecular formula is C37H32N4O2S2. The number of thiophene rings is 1. The molecule has 3 heterocycles. The van der Waals surface area contributed by atoms with Crippen LogP contribution in [0.5, 0.6) is 0 Å². The molecule has 1 aliphatic rings. The number of amides is 1. The van der Waals surface area contributed by atoms with Crippen LogP contribution in [0.3, 0.4) is 0 Å². The zero-order valence-electron chi connectivity index (χ0n) is 24.9. The third kappa shape index (κ3) is 6.09. The highest BCUT2D eigenvalue weighted by molar-refractivity contribution is 7.99. The highest BCUT2D eigenvalue weighted by Crippen LogP contribution is 2.35. The number of carbonyl (C=O) groups is 1. The van der Waals surface area contributed by atoms with Crippen molar-refractivity contribution < 1.29 is 4.79 Å². The largest absolute Gasteiger partial charge is 0.294 e. The van der Waals surface area contributed by atoms with E-state index in [1.807, 2.05) is 97.9 Å². The normalized spacial score (nSPS) is 13.1. The zero-order valence-corrected chi connectivity index (χ0v) is 26.6. The quantitative estimate of drug-likeness (QED) is 0.127. The second-order valence-corrected chi connectivity index (χ2v) is 13.2. The Bertz CT molecular complexity index is 1990. The number of hydrogen-bond acceptors (Lipinski definition) is 6. The van der Waals surface area contributed by atoms with Gasteiger partial charge in [-0.15, -0.1) is 11.3 Å². The minimum atomic E-state index is -0.0930. The van der Waals surface area contributed by atoms with Gasteiger partial charge in [-0.1, -0.05) is 90.6 Å². The maximum absolute atomic E-state index is 14.4. The van der Waals surface area contributed by atoms with Gasteiger partial charge in [0.15, 0.2) is 5.16 Å². The number of thioether (sulfide) groups is 1. The molecule has 0 saturated heterocycles. The van der Waals surface area contributed by atoms with E-state index in [1.165, 1.54) is 22.2 Å². The van der Waals surface area contributed by atoms with E-state index in [-0.39, 0.29) is 17.2 Å². The predicted octanol–water partition coefficient (Wildman–Crippen LogP) is 7.77. The van der Waals surface area contributed by atoms with Crippen LogP contribution in [0.15, 0.2) is 125 Å². The molecule has 6 aromatic rings. The first-order chi connectivity index (χ1) is 22.0. The average Bonchev–Trinajstić information content (AvgIpc) is 3.43. The summed E-state index contributed by atoms with van der Waals surface area (Å²) in [5.74, 6) is 0.0216. The molecule has 0 fully saturated rings. The summed E-state index contributed by atoms with van der Waals surface area (Å²) >= 11 is 2.92. The Balaban J connectivity index is 1.25. The minimum Gasteiger partial charge on any atom is -0.294 e. The van der Waals surface area contributed by atoms with Gasteiger partial charge in [-0.2, -0.15) is 0 Å². The Kier molecular flexibility index (Phi) is 8.35. The van der Waals surface area contributed by atoms with Crippen molar-refractivity contribution in [3.63, 3.8) is 0 Å². The van der Waals surface area contributed by atoms with Gasteiger partial charge >= 0.3 is 0 Å². The number of nitrogens with zero attached hydrogens (tertiary/aromatic N) is 4. The first-order valence-electron chi connectivity index (χ1n) is 15.0. The summed E-state index contributed by atoms with van der Waals surface area (Å²) in [4.78, 5) is 39.5. The Hall–Kier alpha value is -4.50. The van der Waals surface area contributed by atoms with Crippen molar-refractivity contribution in [2.24, 2.45) is 0 Å². The number of carbonyl (C=O) groups excluding carboxylic acids is 1. The number of fused-ring (bicyclic) bond motifs is 3. The van der Waals surface area contributed by atoms with Gasteiger partial charge in [0.2, 0.25) is 5.91 Å². The van der Waals surface area contributed by atoms with E-state index in [0.29, 0.717) is 10.5 Å². The molecule has 0 aliphatic carbocycles. The predicted molar refractivity (Wildman–Crippen MR) is 185 cm³/mol. The summed E-state index contributed by atoms with van der Waals surface area (Å²) in [6, 6.07) is 37.7. The molecule has 2 aromatic heterocycles. The molecule has 1 aliphatic heterocycles. The van der Waals surface area contributed by atoms with Crippen LogP contribution in [0, 0.1) is 6.92 Å². The van der Waals surface area contributed by atoms with E-state index in [2.05, 4.69) is 29.2 Å². The molecule has 0 radical (unpaired) electrons. The van der Waals surface area contributed by atoms with Crippen LogP contribution >= 0.6 is 23.1 Å². The standard InChI is InChI=1S/C37H32N4O2S2/c1-26-12-11-19-30(22-26)41-36(43)34-31-20-21-39(23-27-13-5-2-6-14-27)24-32(31)45-35(34)38-37(41)44-25-33(42)40(28-15-7-3-8-16-28)29-17-9-4-10-18-29/h2-19,22H,20-21,23-25H2,1H3. The molecule has 0 saturated carbocycles. The van der Waals surface area contributed by atoms with E-state index >= 15 is 0 Å². The van der Waals surface area contributed by atoms with E-state index in [9.17, 15) is 9.59 Å². The van der Waals surface area contributed by atoms with Crippen LogP contribution in [0.1, 0.15) is 21.6 Å². The van der Waals surface area contributed by atoms with Crippen LogP contribution in [-0.4, -0.2) is 32.7 Å². The third-order valence-electron chi connectivity index (χ3n) is 8.03. The number of hydrogen-bond donors (Lipinski definition) is 0. The fraction of sp³-hybridized carbons (Fsp3) is 0.162. The van der Waals surface area contributed by atoms with Crippen molar-refractivity contribution >= 4 is 50.6 Å². The van der Waals surface area contributed by atoms with E-state index < -0.39 is 0 Å². The molecule has 0 unspecified atom stereocenters. The van der Waals surface area contributed by atoms with Gasteiger partial charge < -0.3 is 0 Å². The number of para-hydroxylation sites is 2. The molecule has 4 aromatic carbocycles. The molecule has 45 heavy (non-hydrogen) atoms. The average molecular weight is 629 g/mol. The lowest BCUT2D eigenvalue weighted by molar-refractivity contribution is -0.115. The molecule has 7 rings (SSSR count). The van der Waals surface area contributed by atoms with Gasteiger partial charge in [0.05, 0.1) is 16.8 Å². The molecule has 0 spiro atoms. The van der Waals surface area contributed by atoms with Crippen LogP contribution in [0.2, 0.25) is 0 Å². The second kappa shape index (κ2) is 12.9. The summed E-state index contributed by atoms with van der Waals surface area (Å²) < 4.78 is 1.70. The minimum absolute atomic E-state index is 0.0717. The Labute approximate surface area is 270 Å². The highest BCUT2D eigenvalue weighted by Gasteiger charge is 2.27. The van der Waals surface area contributed by atoms with Crippen molar-refractivity contribution in [2.45, 2.75) is 31.6 Å². The lowest BCUT2D eigenvalue weighted by atomic mass is 10.0. The van der Waals surface area contributed by atoms with Crippen molar-refractivity contribution in [3.8, 4) is 5.69 Å². The molecule has 8 heteroatoms. The highest BCUT2D eigenvalue weighted by atomic mass is 32.2. The number of rotatable bonds is 8. The van der Waals surface area contributed by atoms with Gasteiger partial charge in [0.1, 0.15) is 4.83 Å². The van der Waals surface area contributed by atoms with E-state index in [1.54, 1.807) is 20.8 Å². The summed E-state index contributed by atoms with van der Waals surface area (Å²) in [7, 11) is 0. The maximum Gasteiger partial charge on any atom is 0.267 e. The summed E-state index contributed by atoms with van der Waals surface area (Å²) in [6.45, 7) is 4.57. The fourth-order valence-electron chi connectivity index (χ4n) is 5.93. The van der Waals surface area contributed by atoms with E-state index in [0.717, 1.165) is 59.1 Å². The van der Waals surface area contributed by atoms with Gasteiger partial charge in [0.25, 0.3) is 5.56 Å². The molecule has 0 bridgehead atoms. The van der Waals surface area contributed by atoms with Crippen molar-refractivity contribution in [3.05, 3.63) is 147 Å². The number of anilines is 2. The van der Waals surface area contributed by atoms with Crippen LogP contribution in [0.4, 0.5) is 11.4 Å². The maximum atomic E-state index is 14.4. The van der Waals surface area contributed by atoms with Crippen molar-refractivity contribution in [1.29, 1.82) is 0 Å². The second-order valence-electron chi connectivity index (χ2n) is 11.2. The third-order valence-corrected chi connectivity index (χ3v) is 10.1. The smallest absolute Gasteiger partial charge is 0.267 e. The number of aryl methyl sites for hydroxylation is 1. The van der Waals surface area contributed by atoms with Crippen LogP contribution in [0.25, 0.3) is 15.9 Å². The SMILES string of the molecule is Cc1cccc(-n2c(SCC(=O)N(c3ccccc3)c3ccccc3)nc3sc4c(c3c2=O)CCN(Cc2ccccc2)C4)c1. The number of aromatic nitrogens is 2.